The van der Waals surface area contributed by atoms with Crippen molar-refractivity contribution >= 4 is 11.6 Å². The molecule has 3 rings (SSSR count). The van der Waals surface area contributed by atoms with Crippen LogP contribution in [0.1, 0.15) is 12.0 Å². The molecule has 1 aliphatic heterocycles. The van der Waals surface area contributed by atoms with Crippen molar-refractivity contribution in [3.8, 4) is 5.75 Å². The minimum Gasteiger partial charge on any atom is -0.489 e. The molecule has 1 amide bonds. The SMILES string of the molecule is O=C1CC(CO)CN1c1ccc(OCc2cccc(F)c2)cc1. The second-order valence-corrected chi connectivity index (χ2v) is 5.67. The minimum atomic E-state index is -0.285. The summed E-state index contributed by atoms with van der Waals surface area (Å²) in [4.78, 5) is 13.6. The number of carbonyl (C=O) groups excluding carboxylic acids is 1. The fourth-order valence-electron chi connectivity index (χ4n) is 2.67. The Morgan fingerprint density at radius 3 is 2.65 bits per heavy atom. The molecule has 0 saturated carbocycles. The normalized spacial score (nSPS) is 17.6. The number of benzene rings is 2. The summed E-state index contributed by atoms with van der Waals surface area (Å²) in [5.41, 5.74) is 1.55. The zero-order valence-corrected chi connectivity index (χ0v) is 12.6. The lowest BCUT2D eigenvalue weighted by Crippen LogP contribution is -2.24. The van der Waals surface area contributed by atoms with E-state index in [1.165, 1.54) is 12.1 Å². The average molecular weight is 315 g/mol. The third-order valence-corrected chi connectivity index (χ3v) is 3.91. The highest BCUT2D eigenvalue weighted by atomic mass is 19.1. The van der Waals surface area contributed by atoms with Crippen LogP contribution in [0, 0.1) is 11.7 Å². The molecule has 1 N–H and O–H groups in total. The molecule has 23 heavy (non-hydrogen) atoms. The Morgan fingerprint density at radius 1 is 1.22 bits per heavy atom. The number of rotatable bonds is 5. The predicted octanol–water partition coefficient (Wildman–Crippen LogP) is 2.75. The largest absolute Gasteiger partial charge is 0.489 e. The van der Waals surface area contributed by atoms with Crippen molar-refractivity contribution in [3.63, 3.8) is 0 Å². The Kier molecular flexibility index (Phi) is 4.57. The van der Waals surface area contributed by atoms with Crippen LogP contribution >= 0.6 is 0 Å². The zero-order chi connectivity index (χ0) is 16.2. The van der Waals surface area contributed by atoms with Gasteiger partial charge in [-0.1, -0.05) is 12.1 Å². The van der Waals surface area contributed by atoms with E-state index >= 15 is 0 Å². The van der Waals surface area contributed by atoms with E-state index in [2.05, 4.69) is 0 Å². The maximum absolute atomic E-state index is 13.1. The van der Waals surface area contributed by atoms with Crippen LogP contribution in [0.25, 0.3) is 0 Å². The monoisotopic (exact) mass is 315 g/mol. The van der Waals surface area contributed by atoms with Crippen LogP contribution < -0.4 is 9.64 Å². The molecule has 4 nitrogen and oxygen atoms in total. The molecular formula is C18H18FNO3. The lowest BCUT2D eigenvalue weighted by Gasteiger charge is -2.17. The van der Waals surface area contributed by atoms with Gasteiger partial charge in [0.25, 0.3) is 0 Å². The van der Waals surface area contributed by atoms with Gasteiger partial charge in [-0.15, -0.1) is 0 Å². The van der Waals surface area contributed by atoms with Gasteiger partial charge in [0, 0.05) is 31.2 Å². The summed E-state index contributed by atoms with van der Waals surface area (Å²) < 4.78 is 18.7. The van der Waals surface area contributed by atoms with Crippen molar-refractivity contribution in [2.45, 2.75) is 13.0 Å². The summed E-state index contributed by atoms with van der Waals surface area (Å²) in [6, 6.07) is 13.5. The summed E-state index contributed by atoms with van der Waals surface area (Å²) >= 11 is 0. The Balaban J connectivity index is 1.62. The highest BCUT2D eigenvalue weighted by Crippen LogP contribution is 2.26. The van der Waals surface area contributed by atoms with Gasteiger partial charge in [-0.25, -0.2) is 4.39 Å². The van der Waals surface area contributed by atoms with Crippen molar-refractivity contribution in [1.82, 2.24) is 0 Å². The number of hydrogen-bond donors (Lipinski definition) is 1. The molecule has 1 aliphatic rings. The summed E-state index contributed by atoms with van der Waals surface area (Å²) in [7, 11) is 0. The van der Waals surface area contributed by atoms with Crippen molar-refractivity contribution in [1.29, 1.82) is 0 Å². The van der Waals surface area contributed by atoms with E-state index in [-0.39, 0.29) is 30.9 Å². The quantitative estimate of drug-likeness (QED) is 0.923. The summed E-state index contributed by atoms with van der Waals surface area (Å²) in [5.74, 6) is 0.402. The van der Waals surface area contributed by atoms with Crippen LogP contribution in [0.15, 0.2) is 48.5 Å². The second kappa shape index (κ2) is 6.79. The molecule has 0 spiro atoms. The maximum atomic E-state index is 13.1. The number of halogens is 1. The van der Waals surface area contributed by atoms with Crippen LogP contribution in [0.4, 0.5) is 10.1 Å². The van der Waals surface area contributed by atoms with Gasteiger partial charge < -0.3 is 14.7 Å². The standard InChI is InChI=1S/C18H18FNO3/c19-15-3-1-2-13(8-15)12-23-17-6-4-16(5-7-17)20-10-14(11-21)9-18(20)22/h1-8,14,21H,9-12H2. The van der Waals surface area contributed by atoms with Gasteiger partial charge in [-0.05, 0) is 42.0 Å². The third-order valence-electron chi connectivity index (χ3n) is 3.91. The molecule has 5 heteroatoms. The van der Waals surface area contributed by atoms with Crippen molar-refractivity contribution in [3.05, 3.63) is 59.9 Å². The lowest BCUT2D eigenvalue weighted by atomic mass is 10.1. The first-order valence-electron chi connectivity index (χ1n) is 7.54. The van der Waals surface area contributed by atoms with Crippen LogP contribution in [-0.2, 0) is 11.4 Å². The van der Waals surface area contributed by atoms with E-state index in [1.807, 2.05) is 12.1 Å². The fraction of sp³-hybridized carbons (Fsp3) is 0.278. The van der Waals surface area contributed by atoms with E-state index in [0.717, 1.165) is 11.3 Å². The molecular weight excluding hydrogens is 297 g/mol. The number of hydrogen-bond acceptors (Lipinski definition) is 3. The number of carbonyl (C=O) groups is 1. The highest BCUT2D eigenvalue weighted by Gasteiger charge is 2.29. The van der Waals surface area contributed by atoms with E-state index in [0.29, 0.717) is 18.7 Å². The molecule has 1 saturated heterocycles. The van der Waals surface area contributed by atoms with Crippen molar-refractivity contribution in [2.24, 2.45) is 5.92 Å². The summed E-state index contributed by atoms with van der Waals surface area (Å²) in [6.07, 6.45) is 0.383. The first kappa shape index (κ1) is 15.5. The number of ether oxygens (including phenoxy) is 1. The van der Waals surface area contributed by atoms with E-state index in [1.54, 1.807) is 29.2 Å². The van der Waals surface area contributed by atoms with Gasteiger partial charge >= 0.3 is 0 Å². The molecule has 0 bridgehead atoms. The first-order chi connectivity index (χ1) is 11.2. The molecule has 120 valence electrons. The van der Waals surface area contributed by atoms with E-state index in [9.17, 15) is 9.18 Å². The van der Waals surface area contributed by atoms with Crippen LogP contribution in [0.5, 0.6) is 5.75 Å². The van der Waals surface area contributed by atoms with Crippen molar-refractivity contribution in [2.75, 3.05) is 18.1 Å². The van der Waals surface area contributed by atoms with E-state index < -0.39 is 0 Å². The van der Waals surface area contributed by atoms with Gasteiger partial charge in [-0.2, -0.15) is 0 Å². The molecule has 1 unspecified atom stereocenters. The minimum absolute atomic E-state index is 0.00593. The van der Waals surface area contributed by atoms with Gasteiger partial charge in [0.15, 0.2) is 0 Å². The van der Waals surface area contributed by atoms with Gasteiger partial charge in [0.05, 0.1) is 0 Å². The van der Waals surface area contributed by atoms with Crippen LogP contribution in [-0.4, -0.2) is 24.2 Å². The summed E-state index contributed by atoms with van der Waals surface area (Å²) in [6.45, 7) is 0.849. The van der Waals surface area contributed by atoms with Gasteiger partial charge in [0.1, 0.15) is 18.2 Å². The molecule has 1 heterocycles. The van der Waals surface area contributed by atoms with Crippen molar-refractivity contribution < 1.29 is 19.0 Å². The molecule has 0 aliphatic carbocycles. The van der Waals surface area contributed by atoms with Crippen LogP contribution in [0.3, 0.4) is 0 Å². The van der Waals surface area contributed by atoms with E-state index in [4.69, 9.17) is 9.84 Å². The zero-order valence-electron chi connectivity index (χ0n) is 12.6. The lowest BCUT2D eigenvalue weighted by molar-refractivity contribution is -0.117. The Bertz CT molecular complexity index is 687. The fourth-order valence-corrected chi connectivity index (χ4v) is 2.67. The Labute approximate surface area is 134 Å². The Morgan fingerprint density at radius 2 is 2.00 bits per heavy atom. The first-order valence-corrected chi connectivity index (χ1v) is 7.54. The molecule has 2 aromatic rings. The van der Waals surface area contributed by atoms with Gasteiger partial charge in [-0.3, -0.25) is 4.79 Å². The number of nitrogens with zero attached hydrogens (tertiary/aromatic N) is 1. The average Bonchev–Trinajstić information content (AvgIpc) is 2.95. The van der Waals surface area contributed by atoms with Crippen LogP contribution in [0.2, 0.25) is 0 Å². The smallest absolute Gasteiger partial charge is 0.227 e. The molecule has 0 radical (unpaired) electrons. The second-order valence-electron chi connectivity index (χ2n) is 5.67. The maximum Gasteiger partial charge on any atom is 0.227 e. The highest BCUT2D eigenvalue weighted by molar-refractivity contribution is 5.95. The molecule has 1 atom stereocenters. The number of amides is 1. The topological polar surface area (TPSA) is 49.8 Å². The third kappa shape index (κ3) is 3.68. The molecule has 1 fully saturated rings. The molecule has 0 aromatic heterocycles. The number of aliphatic hydroxyl groups excluding tert-OH is 1. The summed E-state index contributed by atoms with van der Waals surface area (Å²) in [5, 5.41) is 9.16. The predicted molar refractivity (Wildman–Crippen MR) is 84.7 cm³/mol. The Hall–Kier alpha value is -2.40. The number of anilines is 1. The molecule has 2 aromatic carbocycles. The van der Waals surface area contributed by atoms with Gasteiger partial charge in [0.2, 0.25) is 5.91 Å². The number of aliphatic hydroxyl groups is 1.